The van der Waals surface area contributed by atoms with Crippen LogP contribution < -0.4 is 4.90 Å². The second-order valence-electron chi connectivity index (χ2n) is 6.17. The number of phenols is 1. The largest absolute Gasteiger partial charge is 0.507 e. The zero-order chi connectivity index (χ0) is 16.6. The molecule has 1 unspecified atom stereocenters. The van der Waals surface area contributed by atoms with Crippen molar-refractivity contribution in [2.75, 3.05) is 4.90 Å². The smallest absolute Gasteiger partial charge is 0.257 e. The van der Waals surface area contributed by atoms with Crippen molar-refractivity contribution in [3.63, 3.8) is 0 Å². The van der Waals surface area contributed by atoms with E-state index in [1.165, 1.54) is 0 Å². The summed E-state index contributed by atoms with van der Waals surface area (Å²) in [6.07, 6.45) is 0. The number of nitrogens with zero attached hydrogens (tertiary/aromatic N) is 2. The number of amidine groups is 1. The Morgan fingerprint density at radius 2 is 1.74 bits per heavy atom. The molecule has 0 saturated carbocycles. The fourth-order valence-corrected chi connectivity index (χ4v) is 2.71. The minimum absolute atomic E-state index is 0.0536. The molecule has 2 aromatic rings. The van der Waals surface area contributed by atoms with Crippen molar-refractivity contribution >= 4 is 17.4 Å². The van der Waals surface area contributed by atoms with Crippen molar-refractivity contribution in [3.05, 3.63) is 59.7 Å². The van der Waals surface area contributed by atoms with Crippen molar-refractivity contribution in [2.24, 2.45) is 10.9 Å². The van der Waals surface area contributed by atoms with E-state index in [1.807, 2.05) is 51.1 Å². The van der Waals surface area contributed by atoms with Crippen LogP contribution in [0.5, 0.6) is 5.75 Å². The summed E-state index contributed by atoms with van der Waals surface area (Å²) in [7, 11) is 0. The average molecular weight is 308 g/mol. The molecular weight excluding hydrogens is 288 g/mol. The third-order valence-corrected chi connectivity index (χ3v) is 4.02. The Labute approximate surface area is 136 Å². The van der Waals surface area contributed by atoms with Gasteiger partial charge in [-0.2, -0.15) is 0 Å². The molecule has 118 valence electrons. The number of para-hydroxylation sites is 1. The van der Waals surface area contributed by atoms with Crippen LogP contribution in [0.25, 0.3) is 0 Å². The molecule has 1 heterocycles. The molecule has 1 aliphatic rings. The molecule has 2 aromatic carbocycles. The average Bonchev–Trinajstić information content (AvgIpc) is 2.86. The molecule has 0 aliphatic carbocycles. The molecule has 4 heteroatoms. The highest BCUT2D eigenvalue weighted by Gasteiger charge is 2.38. The van der Waals surface area contributed by atoms with Gasteiger partial charge < -0.3 is 5.11 Å². The lowest BCUT2D eigenvalue weighted by Crippen LogP contribution is -2.37. The van der Waals surface area contributed by atoms with Crippen LogP contribution in [-0.2, 0) is 4.79 Å². The maximum atomic E-state index is 12.9. The van der Waals surface area contributed by atoms with Gasteiger partial charge in [0.25, 0.3) is 5.91 Å². The summed E-state index contributed by atoms with van der Waals surface area (Å²) < 4.78 is 0. The molecule has 0 spiro atoms. The minimum atomic E-state index is -0.425. The summed E-state index contributed by atoms with van der Waals surface area (Å²) in [5, 5.41) is 10.2. The fourth-order valence-electron chi connectivity index (χ4n) is 2.71. The Kier molecular flexibility index (Phi) is 3.90. The first kappa shape index (κ1) is 15.3. The van der Waals surface area contributed by atoms with Gasteiger partial charge in [-0.3, -0.25) is 14.7 Å². The van der Waals surface area contributed by atoms with Crippen LogP contribution in [0, 0.1) is 12.8 Å². The van der Waals surface area contributed by atoms with Crippen LogP contribution in [-0.4, -0.2) is 22.9 Å². The van der Waals surface area contributed by atoms with Gasteiger partial charge in [-0.05, 0) is 37.1 Å². The standard InChI is InChI=1S/C19H20N2O2/c1-12(2)17-19(23)21(14-10-8-13(3)9-11-14)18(20-17)15-6-4-5-7-16(15)22/h4-12,17,22H,1-3H3. The number of aromatic hydroxyl groups is 1. The molecular formula is C19H20N2O2. The highest BCUT2D eigenvalue weighted by molar-refractivity contribution is 6.29. The van der Waals surface area contributed by atoms with Crippen molar-refractivity contribution in [1.82, 2.24) is 0 Å². The number of benzene rings is 2. The topological polar surface area (TPSA) is 52.9 Å². The van der Waals surface area contributed by atoms with Gasteiger partial charge in [0.1, 0.15) is 17.6 Å². The third-order valence-electron chi connectivity index (χ3n) is 4.02. The molecule has 1 atom stereocenters. The van der Waals surface area contributed by atoms with Gasteiger partial charge in [0.2, 0.25) is 0 Å². The lowest BCUT2D eigenvalue weighted by Gasteiger charge is -2.20. The highest BCUT2D eigenvalue weighted by Crippen LogP contribution is 2.30. The Morgan fingerprint density at radius 1 is 1.09 bits per heavy atom. The van der Waals surface area contributed by atoms with Crippen molar-refractivity contribution in [1.29, 1.82) is 0 Å². The van der Waals surface area contributed by atoms with Crippen LogP contribution >= 0.6 is 0 Å². The minimum Gasteiger partial charge on any atom is -0.507 e. The molecule has 0 aromatic heterocycles. The molecule has 0 radical (unpaired) electrons. The van der Waals surface area contributed by atoms with Crippen LogP contribution in [0.15, 0.2) is 53.5 Å². The summed E-state index contributed by atoms with van der Waals surface area (Å²) >= 11 is 0. The van der Waals surface area contributed by atoms with Gasteiger partial charge >= 0.3 is 0 Å². The summed E-state index contributed by atoms with van der Waals surface area (Å²) in [6, 6.07) is 14.3. The van der Waals surface area contributed by atoms with Crippen LogP contribution in [0.3, 0.4) is 0 Å². The number of amides is 1. The Morgan fingerprint density at radius 3 is 2.35 bits per heavy atom. The Hall–Kier alpha value is -2.62. The van der Waals surface area contributed by atoms with Crippen LogP contribution in [0.2, 0.25) is 0 Å². The van der Waals surface area contributed by atoms with Crippen molar-refractivity contribution in [3.8, 4) is 5.75 Å². The first-order valence-electron chi connectivity index (χ1n) is 7.76. The predicted octanol–water partition coefficient (Wildman–Crippen LogP) is 3.52. The normalized spacial score (nSPS) is 17.7. The van der Waals surface area contributed by atoms with Gasteiger partial charge in [0.15, 0.2) is 0 Å². The SMILES string of the molecule is Cc1ccc(N2C(=O)C(C(C)C)N=C2c2ccccc2O)cc1. The molecule has 1 aliphatic heterocycles. The van der Waals surface area contributed by atoms with Gasteiger partial charge in [0, 0.05) is 0 Å². The summed E-state index contributed by atoms with van der Waals surface area (Å²) in [4.78, 5) is 19.1. The van der Waals surface area contributed by atoms with E-state index < -0.39 is 6.04 Å². The third kappa shape index (κ3) is 2.72. The number of aryl methyl sites for hydroxylation is 1. The van der Waals surface area contributed by atoms with E-state index >= 15 is 0 Å². The van der Waals surface area contributed by atoms with E-state index in [-0.39, 0.29) is 17.6 Å². The van der Waals surface area contributed by atoms with Gasteiger partial charge in [0.05, 0.1) is 11.3 Å². The number of aliphatic imine (C=N–C) groups is 1. The molecule has 0 saturated heterocycles. The molecule has 0 fully saturated rings. The summed E-state index contributed by atoms with van der Waals surface area (Å²) in [6.45, 7) is 5.96. The first-order chi connectivity index (χ1) is 11.0. The number of hydrogen-bond donors (Lipinski definition) is 1. The fraction of sp³-hybridized carbons (Fsp3) is 0.263. The molecule has 23 heavy (non-hydrogen) atoms. The van der Waals surface area contributed by atoms with Crippen LogP contribution in [0.1, 0.15) is 25.0 Å². The maximum Gasteiger partial charge on any atom is 0.257 e. The van der Waals surface area contributed by atoms with E-state index in [0.717, 1.165) is 11.3 Å². The van der Waals surface area contributed by atoms with E-state index in [4.69, 9.17) is 0 Å². The summed E-state index contributed by atoms with van der Waals surface area (Å²) in [5.74, 6) is 0.678. The monoisotopic (exact) mass is 308 g/mol. The molecule has 4 nitrogen and oxygen atoms in total. The van der Waals surface area contributed by atoms with E-state index in [0.29, 0.717) is 11.4 Å². The predicted molar refractivity (Wildman–Crippen MR) is 91.9 cm³/mol. The van der Waals surface area contributed by atoms with E-state index in [1.54, 1.807) is 23.1 Å². The lowest BCUT2D eigenvalue weighted by molar-refractivity contribution is -0.118. The number of phenolic OH excluding ortho intramolecular Hbond substituents is 1. The van der Waals surface area contributed by atoms with Crippen LogP contribution in [0.4, 0.5) is 5.69 Å². The second kappa shape index (κ2) is 5.88. The number of anilines is 1. The number of rotatable bonds is 3. The quantitative estimate of drug-likeness (QED) is 0.943. The number of carbonyl (C=O) groups excluding carboxylic acids is 1. The Balaban J connectivity index is 2.12. The van der Waals surface area contributed by atoms with Gasteiger partial charge in [-0.15, -0.1) is 0 Å². The maximum absolute atomic E-state index is 12.9. The summed E-state index contributed by atoms with van der Waals surface area (Å²) in [5.41, 5.74) is 2.47. The van der Waals surface area contributed by atoms with Gasteiger partial charge in [-0.1, -0.05) is 43.7 Å². The number of carbonyl (C=O) groups is 1. The molecule has 1 amide bonds. The second-order valence-corrected chi connectivity index (χ2v) is 6.17. The van der Waals surface area contributed by atoms with Gasteiger partial charge in [-0.25, -0.2) is 0 Å². The van der Waals surface area contributed by atoms with E-state index in [2.05, 4.69) is 4.99 Å². The Bertz CT molecular complexity index is 763. The molecule has 0 bridgehead atoms. The zero-order valence-corrected chi connectivity index (χ0v) is 13.5. The number of hydrogen-bond acceptors (Lipinski definition) is 3. The highest BCUT2D eigenvalue weighted by atomic mass is 16.3. The van der Waals surface area contributed by atoms with E-state index in [9.17, 15) is 9.90 Å². The van der Waals surface area contributed by atoms with Crippen molar-refractivity contribution < 1.29 is 9.90 Å². The molecule has 1 N–H and O–H groups in total. The lowest BCUT2D eigenvalue weighted by atomic mass is 10.0. The zero-order valence-electron chi connectivity index (χ0n) is 13.5. The van der Waals surface area contributed by atoms with Crippen molar-refractivity contribution in [2.45, 2.75) is 26.8 Å². The first-order valence-corrected chi connectivity index (χ1v) is 7.76. The molecule has 3 rings (SSSR count).